The third-order valence-corrected chi connectivity index (χ3v) is 6.25. The van der Waals surface area contributed by atoms with Gasteiger partial charge in [0.1, 0.15) is 9.98 Å². The highest BCUT2D eigenvalue weighted by Gasteiger charge is 2.14. The number of nitrogens with zero attached hydrogens (tertiary/aromatic N) is 3. The molecule has 1 aliphatic heterocycles. The maximum Gasteiger partial charge on any atom is 0.190 e. The van der Waals surface area contributed by atoms with Crippen LogP contribution in [-0.4, -0.2) is 40.3 Å². The Hall–Kier alpha value is -0.360. The van der Waals surface area contributed by atoms with E-state index in [2.05, 4.69) is 28.7 Å². The number of halogens is 1. The Bertz CT molecular complexity index is 635. The molecule has 0 bridgehead atoms. The van der Waals surface area contributed by atoms with Gasteiger partial charge in [-0.05, 0) is 45.3 Å². The van der Waals surface area contributed by atoms with Gasteiger partial charge in [-0.2, -0.15) is 0 Å². The molecule has 2 aromatic heterocycles. The fourth-order valence-corrected chi connectivity index (χ4v) is 5.04. The summed E-state index contributed by atoms with van der Waals surface area (Å²) >= 11 is 9.77. The van der Waals surface area contributed by atoms with Crippen molar-refractivity contribution in [3.05, 3.63) is 15.6 Å². The van der Waals surface area contributed by atoms with E-state index >= 15 is 0 Å². The third kappa shape index (κ3) is 3.52. The molecular weight excluding hydrogens is 322 g/mol. The minimum atomic E-state index is 0.599. The quantitative estimate of drug-likeness (QED) is 0.464. The molecule has 6 heteroatoms. The van der Waals surface area contributed by atoms with Gasteiger partial charge >= 0.3 is 0 Å². The lowest BCUT2D eigenvalue weighted by Gasteiger charge is -2.25. The fraction of sp³-hybridized carbons (Fsp3) is 0.600. The summed E-state index contributed by atoms with van der Waals surface area (Å²) in [5, 5.41) is 2.44. The van der Waals surface area contributed by atoms with Crippen LogP contribution in [0.2, 0.25) is 5.15 Å². The first-order chi connectivity index (χ1) is 10.1. The molecule has 3 heterocycles. The second-order valence-electron chi connectivity index (χ2n) is 5.51. The van der Waals surface area contributed by atoms with E-state index in [1.54, 1.807) is 23.1 Å². The van der Waals surface area contributed by atoms with Crippen molar-refractivity contribution >= 4 is 44.9 Å². The molecule has 0 spiro atoms. The molecule has 0 N–H and O–H groups in total. The van der Waals surface area contributed by atoms with E-state index in [-0.39, 0.29) is 0 Å². The first-order valence-corrected chi connectivity index (χ1v) is 9.61. The molecule has 3 nitrogen and oxygen atoms in total. The summed E-state index contributed by atoms with van der Waals surface area (Å²) in [6, 6.07) is 0. The summed E-state index contributed by atoms with van der Waals surface area (Å²) in [6.45, 7) is 7.80. The lowest BCUT2D eigenvalue weighted by molar-refractivity contribution is 0.242. The van der Waals surface area contributed by atoms with Crippen molar-refractivity contribution in [3.63, 3.8) is 0 Å². The Morgan fingerprint density at radius 1 is 1.19 bits per heavy atom. The molecule has 21 heavy (non-hydrogen) atoms. The van der Waals surface area contributed by atoms with Gasteiger partial charge in [0, 0.05) is 17.2 Å². The van der Waals surface area contributed by atoms with Crippen molar-refractivity contribution in [1.29, 1.82) is 0 Å². The van der Waals surface area contributed by atoms with E-state index in [4.69, 9.17) is 11.6 Å². The summed E-state index contributed by atoms with van der Waals surface area (Å²) in [5.41, 5.74) is 1.21. The van der Waals surface area contributed by atoms with Gasteiger partial charge < -0.3 is 4.90 Å². The van der Waals surface area contributed by atoms with Crippen LogP contribution in [0, 0.1) is 13.8 Å². The largest absolute Gasteiger partial charge is 0.303 e. The second-order valence-corrected chi connectivity index (χ2v) is 8.13. The summed E-state index contributed by atoms with van der Waals surface area (Å²) in [4.78, 5) is 14.0. The number of likely N-dealkylation sites (tertiary alicyclic amines) is 1. The standard InChI is InChI=1S/C15H20ClN3S2/c1-10-11(2)21-14-12(10)13(16)17-15(18-14)20-9-8-19-6-4-3-5-7-19/h3-9H2,1-2H3. The van der Waals surface area contributed by atoms with Gasteiger partial charge in [0.05, 0.1) is 5.39 Å². The zero-order chi connectivity index (χ0) is 14.8. The zero-order valence-electron chi connectivity index (χ0n) is 12.5. The summed E-state index contributed by atoms with van der Waals surface area (Å²) in [6.07, 6.45) is 4.06. The molecule has 0 aliphatic carbocycles. The molecule has 1 aliphatic rings. The topological polar surface area (TPSA) is 29.0 Å². The third-order valence-electron chi connectivity index (χ3n) is 4.05. The smallest absolute Gasteiger partial charge is 0.190 e. The average molecular weight is 342 g/mol. The van der Waals surface area contributed by atoms with Gasteiger partial charge in [0.15, 0.2) is 5.16 Å². The van der Waals surface area contributed by atoms with Crippen molar-refractivity contribution in [2.75, 3.05) is 25.4 Å². The van der Waals surface area contributed by atoms with Crippen molar-refractivity contribution in [3.8, 4) is 0 Å². The van der Waals surface area contributed by atoms with Crippen LogP contribution in [0.3, 0.4) is 0 Å². The van der Waals surface area contributed by atoms with Gasteiger partial charge in [-0.3, -0.25) is 0 Å². The first kappa shape index (κ1) is 15.5. The predicted octanol–water partition coefficient (Wildman–Crippen LogP) is 4.54. The van der Waals surface area contributed by atoms with E-state index in [1.807, 2.05) is 0 Å². The highest BCUT2D eigenvalue weighted by molar-refractivity contribution is 7.99. The van der Waals surface area contributed by atoms with Crippen LogP contribution in [0.4, 0.5) is 0 Å². The summed E-state index contributed by atoms with van der Waals surface area (Å²) in [7, 11) is 0. The first-order valence-electron chi connectivity index (χ1n) is 7.43. The summed E-state index contributed by atoms with van der Waals surface area (Å²) in [5.74, 6) is 1.03. The zero-order valence-corrected chi connectivity index (χ0v) is 14.9. The second kappa shape index (κ2) is 6.82. The van der Waals surface area contributed by atoms with Crippen molar-refractivity contribution in [1.82, 2.24) is 14.9 Å². The number of thiophene rings is 1. The molecular formula is C15H20ClN3S2. The van der Waals surface area contributed by atoms with Crippen LogP contribution in [0.1, 0.15) is 29.7 Å². The molecule has 1 saturated heterocycles. The monoisotopic (exact) mass is 341 g/mol. The maximum atomic E-state index is 6.34. The number of aryl methyl sites for hydroxylation is 2. The van der Waals surface area contributed by atoms with Gasteiger partial charge in [-0.25, -0.2) is 9.97 Å². The number of hydrogen-bond acceptors (Lipinski definition) is 5. The van der Waals surface area contributed by atoms with Crippen LogP contribution < -0.4 is 0 Å². The van der Waals surface area contributed by atoms with Crippen molar-refractivity contribution in [2.24, 2.45) is 0 Å². The molecule has 2 aromatic rings. The Labute approximate surface area is 139 Å². The minimum absolute atomic E-state index is 0.599. The molecule has 1 fully saturated rings. The number of piperidine rings is 1. The van der Waals surface area contributed by atoms with Crippen LogP contribution in [-0.2, 0) is 0 Å². The number of thioether (sulfide) groups is 1. The molecule has 0 unspecified atom stereocenters. The number of fused-ring (bicyclic) bond motifs is 1. The number of hydrogen-bond donors (Lipinski definition) is 0. The van der Waals surface area contributed by atoms with Crippen LogP contribution >= 0.6 is 34.7 Å². The molecule has 0 atom stereocenters. The lowest BCUT2D eigenvalue weighted by atomic mass is 10.1. The van der Waals surface area contributed by atoms with E-state index in [1.165, 1.54) is 42.8 Å². The van der Waals surface area contributed by atoms with Crippen LogP contribution in [0.25, 0.3) is 10.2 Å². The molecule has 0 radical (unpaired) electrons. The molecule has 0 amide bonds. The van der Waals surface area contributed by atoms with Crippen molar-refractivity contribution < 1.29 is 0 Å². The van der Waals surface area contributed by atoms with Gasteiger partial charge in [-0.1, -0.05) is 29.8 Å². The highest BCUT2D eigenvalue weighted by atomic mass is 35.5. The average Bonchev–Trinajstić information content (AvgIpc) is 2.75. The Balaban J connectivity index is 1.67. The normalized spacial score (nSPS) is 16.7. The van der Waals surface area contributed by atoms with Crippen LogP contribution in [0.15, 0.2) is 5.16 Å². The minimum Gasteiger partial charge on any atom is -0.303 e. The van der Waals surface area contributed by atoms with Gasteiger partial charge in [-0.15, -0.1) is 11.3 Å². The Morgan fingerprint density at radius 2 is 1.95 bits per heavy atom. The Morgan fingerprint density at radius 3 is 2.71 bits per heavy atom. The molecule has 0 aromatic carbocycles. The number of rotatable bonds is 4. The Kier molecular flexibility index (Phi) is 5.04. The van der Waals surface area contributed by atoms with E-state index in [0.29, 0.717) is 5.15 Å². The van der Waals surface area contributed by atoms with Crippen molar-refractivity contribution in [2.45, 2.75) is 38.3 Å². The van der Waals surface area contributed by atoms with E-state index in [0.717, 1.165) is 27.7 Å². The molecule has 114 valence electrons. The maximum absolute atomic E-state index is 6.34. The van der Waals surface area contributed by atoms with Gasteiger partial charge in [0.25, 0.3) is 0 Å². The number of aromatic nitrogens is 2. The fourth-order valence-electron chi connectivity index (χ4n) is 2.70. The van der Waals surface area contributed by atoms with E-state index < -0.39 is 0 Å². The molecule has 3 rings (SSSR count). The predicted molar refractivity (Wildman–Crippen MR) is 92.9 cm³/mol. The van der Waals surface area contributed by atoms with Gasteiger partial charge in [0.2, 0.25) is 0 Å². The summed E-state index contributed by atoms with van der Waals surface area (Å²) < 4.78 is 0. The lowest BCUT2D eigenvalue weighted by Crippen LogP contribution is -2.31. The SMILES string of the molecule is Cc1sc2nc(SCCN3CCCCC3)nc(Cl)c2c1C. The van der Waals surface area contributed by atoms with Crippen LogP contribution in [0.5, 0.6) is 0 Å². The highest BCUT2D eigenvalue weighted by Crippen LogP contribution is 2.34. The molecule has 0 saturated carbocycles. The van der Waals surface area contributed by atoms with E-state index in [9.17, 15) is 0 Å².